The molecule has 16 heavy (non-hydrogen) atoms. The fourth-order valence-electron chi connectivity index (χ4n) is 2.44. The summed E-state index contributed by atoms with van der Waals surface area (Å²) in [6.45, 7) is 2.30. The Morgan fingerprint density at radius 1 is 1.44 bits per heavy atom. The monoisotopic (exact) mass is 217 g/mol. The van der Waals surface area contributed by atoms with Crippen LogP contribution in [0.15, 0.2) is 18.2 Å². The first kappa shape index (κ1) is 9.85. The number of fused-ring (bicyclic) bond motifs is 1. The molecule has 0 aliphatic carbocycles. The summed E-state index contributed by atoms with van der Waals surface area (Å²) in [5, 5.41) is 3.30. The number of carbonyl (C=O) groups excluding carboxylic acids is 1. The Kier molecular flexibility index (Phi) is 2.40. The summed E-state index contributed by atoms with van der Waals surface area (Å²) >= 11 is 0. The first-order chi connectivity index (χ1) is 7.84. The largest absolute Gasteiger partial charge is 0.384 e. The van der Waals surface area contributed by atoms with Crippen molar-refractivity contribution in [3.05, 3.63) is 29.3 Å². The van der Waals surface area contributed by atoms with Gasteiger partial charge in [0.05, 0.1) is 6.61 Å². The molecule has 3 heteroatoms. The molecule has 0 bridgehead atoms. The van der Waals surface area contributed by atoms with E-state index >= 15 is 0 Å². The number of nitrogens with one attached hydrogen (secondary N) is 1. The van der Waals surface area contributed by atoms with Crippen molar-refractivity contribution < 1.29 is 9.53 Å². The van der Waals surface area contributed by atoms with Crippen LogP contribution in [0, 0.1) is 5.92 Å². The summed E-state index contributed by atoms with van der Waals surface area (Å²) in [5.41, 5.74) is 3.29. The lowest BCUT2D eigenvalue weighted by Crippen LogP contribution is -2.14. The zero-order valence-corrected chi connectivity index (χ0v) is 9.16. The predicted molar refractivity (Wildman–Crippen MR) is 61.9 cm³/mol. The number of anilines is 1. The van der Waals surface area contributed by atoms with E-state index in [1.54, 1.807) is 0 Å². The number of hydrogen-bond donors (Lipinski definition) is 1. The van der Waals surface area contributed by atoms with Crippen LogP contribution in [0.1, 0.15) is 22.3 Å². The van der Waals surface area contributed by atoms with Gasteiger partial charge in [-0.2, -0.15) is 0 Å². The minimum Gasteiger partial charge on any atom is -0.384 e. The molecular weight excluding hydrogens is 202 g/mol. The van der Waals surface area contributed by atoms with Gasteiger partial charge in [0.15, 0.2) is 5.78 Å². The Hall–Kier alpha value is -1.35. The zero-order valence-electron chi connectivity index (χ0n) is 9.16. The van der Waals surface area contributed by atoms with Crippen LogP contribution in [0.4, 0.5) is 5.69 Å². The Morgan fingerprint density at radius 2 is 2.38 bits per heavy atom. The molecule has 0 saturated carbocycles. The number of ether oxygens (including phenoxy) is 1. The molecule has 3 rings (SSSR count). The van der Waals surface area contributed by atoms with Crippen LogP contribution in [-0.2, 0) is 11.2 Å². The van der Waals surface area contributed by atoms with Crippen molar-refractivity contribution in [1.82, 2.24) is 0 Å². The molecular formula is C13H15NO2. The quantitative estimate of drug-likeness (QED) is 0.769. The van der Waals surface area contributed by atoms with E-state index in [-0.39, 0.29) is 11.7 Å². The smallest absolute Gasteiger partial charge is 0.168 e. The Labute approximate surface area is 94.8 Å². The van der Waals surface area contributed by atoms with Crippen molar-refractivity contribution in [1.29, 1.82) is 0 Å². The molecule has 2 heterocycles. The Balaban J connectivity index is 1.86. The predicted octanol–water partition coefficient (Wildman–Crippen LogP) is 1.87. The highest BCUT2D eigenvalue weighted by Gasteiger charge is 2.25. The second-order valence-electron chi connectivity index (χ2n) is 4.47. The molecule has 1 atom stereocenters. The molecule has 0 amide bonds. The maximum absolute atomic E-state index is 12.1. The van der Waals surface area contributed by atoms with Gasteiger partial charge in [-0.25, -0.2) is 0 Å². The number of ketones is 1. The molecule has 1 unspecified atom stereocenters. The van der Waals surface area contributed by atoms with E-state index in [9.17, 15) is 4.79 Å². The van der Waals surface area contributed by atoms with Gasteiger partial charge in [-0.05, 0) is 36.6 Å². The molecule has 1 aromatic carbocycles. The average Bonchev–Trinajstić information content (AvgIpc) is 2.98. The van der Waals surface area contributed by atoms with Crippen LogP contribution in [0.5, 0.6) is 0 Å². The van der Waals surface area contributed by atoms with Gasteiger partial charge in [-0.15, -0.1) is 0 Å². The van der Waals surface area contributed by atoms with Crippen molar-refractivity contribution in [3.63, 3.8) is 0 Å². The van der Waals surface area contributed by atoms with Crippen molar-refractivity contribution >= 4 is 11.5 Å². The van der Waals surface area contributed by atoms with Crippen LogP contribution in [-0.4, -0.2) is 25.5 Å². The average molecular weight is 217 g/mol. The number of carbonyl (C=O) groups is 1. The van der Waals surface area contributed by atoms with Gasteiger partial charge in [0.2, 0.25) is 0 Å². The third-order valence-electron chi connectivity index (χ3n) is 3.40. The molecule has 0 radical (unpaired) electrons. The Bertz CT molecular complexity index is 422. The molecule has 3 nitrogen and oxygen atoms in total. The van der Waals surface area contributed by atoms with Crippen molar-refractivity contribution in [3.8, 4) is 0 Å². The number of hydrogen-bond acceptors (Lipinski definition) is 3. The van der Waals surface area contributed by atoms with Crippen molar-refractivity contribution in [2.24, 2.45) is 5.92 Å². The van der Waals surface area contributed by atoms with Crippen LogP contribution in [0.25, 0.3) is 0 Å². The fraction of sp³-hybridized carbons (Fsp3) is 0.462. The lowest BCUT2D eigenvalue weighted by molar-refractivity contribution is 0.0900. The molecule has 1 saturated heterocycles. The highest BCUT2D eigenvalue weighted by atomic mass is 16.5. The fourth-order valence-corrected chi connectivity index (χ4v) is 2.44. The normalized spacial score (nSPS) is 22.9. The second kappa shape index (κ2) is 3.91. The maximum atomic E-state index is 12.1. The molecule has 2 aliphatic heterocycles. The maximum Gasteiger partial charge on any atom is 0.168 e. The van der Waals surface area contributed by atoms with Gasteiger partial charge in [0, 0.05) is 30.3 Å². The molecule has 0 spiro atoms. The van der Waals surface area contributed by atoms with Gasteiger partial charge >= 0.3 is 0 Å². The molecule has 1 aromatic rings. The minimum absolute atomic E-state index is 0.0763. The van der Waals surface area contributed by atoms with Gasteiger partial charge in [-0.1, -0.05) is 0 Å². The van der Waals surface area contributed by atoms with Gasteiger partial charge in [0.1, 0.15) is 0 Å². The van der Waals surface area contributed by atoms with Crippen LogP contribution in [0.3, 0.4) is 0 Å². The highest BCUT2D eigenvalue weighted by Crippen LogP contribution is 2.25. The lowest BCUT2D eigenvalue weighted by Gasteiger charge is -2.08. The summed E-state index contributed by atoms with van der Waals surface area (Å²) in [6.07, 6.45) is 1.89. The first-order valence-electron chi connectivity index (χ1n) is 5.83. The van der Waals surface area contributed by atoms with Crippen LogP contribution >= 0.6 is 0 Å². The van der Waals surface area contributed by atoms with E-state index in [2.05, 4.69) is 5.32 Å². The van der Waals surface area contributed by atoms with Crippen LogP contribution < -0.4 is 5.32 Å². The molecule has 2 aliphatic rings. The number of rotatable bonds is 2. The van der Waals surface area contributed by atoms with Gasteiger partial charge in [-0.3, -0.25) is 4.79 Å². The Morgan fingerprint density at radius 3 is 3.19 bits per heavy atom. The standard InChI is InChI=1S/C13H15NO2/c15-13(11-4-6-16-8-11)10-1-2-12-9(7-10)3-5-14-12/h1-2,7,11,14H,3-6,8H2. The van der Waals surface area contributed by atoms with E-state index in [1.165, 1.54) is 11.3 Å². The topological polar surface area (TPSA) is 38.3 Å². The van der Waals surface area contributed by atoms with E-state index < -0.39 is 0 Å². The molecule has 0 aromatic heterocycles. The van der Waals surface area contributed by atoms with Crippen molar-refractivity contribution in [2.45, 2.75) is 12.8 Å². The highest BCUT2D eigenvalue weighted by molar-refractivity contribution is 5.98. The summed E-state index contributed by atoms with van der Waals surface area (Å²) in [5.74, 6) is 0.319. The molecule has 1 N–H and O–H groups in total. The summed E-state index contributed by atoms with van der Waals surface area (Å²) in [6, 6.07) is 5.99. The van der Waals surface area contributed by atoms with Crippen molar-refractivity contribution in [2.75, 3.05) is 25.1 Å². The minimum atomic E-state index is 0.0763. The first-order valence-corrected chi connectivity index (χ1v) is 5.83. The van der Waals surface area contributed by atoms with E-state index in [0.717, 1.165) is 31.6 Å². The van der Waals surface area contributed by atoms with E-state index in [1.807, 2.05) is 18.2 Å². The van der Waals surface area contributed by atoms with E-state index in [0.29, 0.717) is 6.61 Å². The summed E-state index contributed by atoms with van der Waals surface area (Å²) in [7, 11) is 0. The summed E-state index contributed by atoms with van der Waals surface area (Å²) < 4.78 is 5.26. The lowest BCUT2D eigenvalue weighted by atomic mass is 9.95. The number of benzene rings is 1. The third-order valence-corrected chi connectivity index (χ3v) is 3.40. The van der Waals surface area contributed by atoms with Gasteiger partial charge < -0.3 is 10.1 Å². The SMILES string of the molecule is O=C(c1ccc2c(c1)CCN2)C1CCOC1. The number of Topliss-reactive ketones (excluding diaryl/α,β-unsaturated/α-hetero) is 1. The third kappa shape index (κ3) is 1.61. The molecule has 1 fully saturated rings. The van der Waals surface area contributed by atoms with Gasteiger partial charge in [0.25, 0.3) is 0 Å². The zero-order chi connectivity index (χ0) is 11.0. The van der Waals surface area contributed by atoms with E-state index in [4.69, 9.17) is 4.74 Å². The molecule has 84 valence electrons. The second-order valence-corrected chi connectivity index (χ2v) is 4.47. The van der Waals surface area contributed by atoms with Crippen LogP contribution in [0.2, 0.25) is 0 Å². The summed E-state index contributed by atoms with van der Waals surface area (Å²) in [4.78, 5) is 12.1.